The van der Waals surface area contributed by atoms with Gasteiger partial charge in [-0.3, -0.25) is 19.1 Å². The average molecular weight is 638 g/mol. The van der Waals surface area contributed by atoms with E-state index in [1.54, 1.807) is 32.9 Å². The van der Waals surface area contributed by atoms with Crippen molar-refractivity contribution in [3.05, 3.63) is 41.4 Å². The summed E-state index contributed by atoms with van der Waals surface area (Å²) < 4.78 is 35.4. The fourth-order valence-electron chi connectivity index (χ4n) is 5.47. The first kappa shape index (κ1) is 32.6. The van der Waals surface area contributed by atoms with Crippen LogP contribution in [0, 0.1) is 5.92 Å². The molecule has 4 N–H and O–H groups in total. The summed E-state index contributed by atoms with van der Waals surface area (Å²) >= 11 is 6.07. The number of alkyl carbamates (subject to hydrolysis) is 1. The van der Waals surface area contributed by atoms with E-state index in [9.17, 15) is 27.6 Å². The molecule has 3 aliphatic rings. The molecule has 1 aliphatic carbocycles. The van der Waals surface area contributed by atoms with Crippen molar-refractivity contribution in [2.75, 3.05) is 11.3 Å². The van der Waals surface area contributed by atoms with Gasteiger partial charge in [-0.15, -0.1) is 0 Å². The van der Waals surface area contributed by atoms with Gasteiger partial charge < -0.3 is 20.3 Å². The van der Waals surface area contributed by atoms with Crippen molar-refractivity contribution in [3.8, 4) is 0 Å². The molecule has 4 atom stereocenters. The summed E-state index contributed by atoms with van der Waals surface area (Å²) in [4.78, 5) is 54.8. The van der Waals surface area contributed by atoms with E-state index >= 15 is 0 Å². The van der Waals surface area contributed by atoms with Gasteiger partial charge in [-0.1, -0.05) is 48.7 Å². The standard InChI is InChI=1S/C29H40ClN5O7S/c1-28(2,3)42-27(39)31-22-15-8-6-4-5-7-12-19-18-29(19,32-24(36)23-16-11-17-35(23)25(22)37)26(38)34-43(40,41)33-21-14-10-9-13-20(21)30/h7,9-10,12-14,19,22-23,33H,4-6,8,11,15-18H2,1-3H3,(H,31,39)(H,32,36)(H,34,38)/b12-7-. The molecule has 2 heterocycles. The SMILES string of the molecule is CC(C)(C)OC(=O)NC1CCCCC/C=C\C2CC2(C(=O)NS(=O)(=O)Nc2ccccc2Cl)NC(=O)C2CCCN2C1=O. The maximum atomic E-state index is 13.7. The third kappa shape index (κ3) is 8.41. The predicted octanol–water partition coefficient (Wildman–Crippen LogP) is 3.39. The van der Waals surface area contributed by atoms with Gasteiger partial charge in [0.05, 0.1) is 10.7 Å². The van der Waals surface area contributed by atoms with Crippen LogP contribution in [0.5, 0.6) is 0 Å². The predicted molar refractivity (Wildman–Crippen MR) is 161 cm³/mol. The molecular weight excluding hydrogens is 598 g/mol. The molecule has 0 aromatic heterocycles. The van der Waals surface area contributed by atoms with Crippen LogP contribution in [0.25, 0.3) is 0 Å². The normalized spacial score (nSPS) is 27.3. The number of allylic oxidation sites excluding steroid dienone is 1. The molecule has 4 unspecified atom stereocenters. The number of benzene rings is 1. The minimum Gasteiger partial charge on any atom is -0.444 e. The van der Waals surface area contributed by atoms with E-state index < -0.39 is 63.2 Å². The number of ether oxygens (including phenoxy) is 1. The van der Waals surface area contributed by atoms with Gasteiger partial charge in [0.25, 0.3) is 5.91 Å². The second-order valence-electron chi connectivity index (χ2n) is 12.2. The highest BCUT2D eigenvalue weighted by molar-refractivity contribution is 7.91. The van der Waals surface area contributed by atoms with Crippen LogP contribution in [-0.2, 0) is 29.3 Å². The van der Waals surface area contributed by atoms with E-state index in [4.69, 9.17) is 16.3 Å². The Balaban J connectivity index is 1.54. The number of hydrogen-bond donors (Lipinski definition) is 4. The van der Waals surface area contributed by atoms with Crippen molar-refractivity contribution in [1.29, 1.82) is 0 Å². The number of anilines is 1. The number of nitrogens with one attached hydrogen (secondary N) is 4. The molecule has 43 heavy (non-hydrogen) atoms. The molecule has 12 nitrogen and oxygen atoms in total. The van der Waals surface area contributed by atoms with Gasteiger partial charge in [0, 0.05) is 12.5 Å². The molecular formula is C29H40ClN5O7S. The van der Waals surface area contributed by atoms with E-state index in [1.807, 2.05) is 16.9 Å². The van der Waals surface area contributed by atoms with Crippen molar-refractivity contribution >= 4 is 51.3 Å². The fourth-order valence-corrected chi connectivity index (χ4v) is 6.65. The molecule has 14 heteroatoms. The zero-order chi connectivity index (χ0) is 31.4. The van der Waals surface area contributed by atoms with Crippen LogP contribution in [0.4, 0.5) is 10.5 Å². The Morgan fingerprint density at radius 3 is 2.56 bits per heavy atom. The second kappa shape index (κ2) is 13.1. The third-order valence-electron chi connectivity index (χ3n) is 7.67. The number of fused-ring (bicyclic) bond motifs is 2. The zero-order valence-corrected chi connectivity index (χ0v) is 26.2. The first-order chi connectivity index (χ1) is 20.2. The quantitative estimate of drug-likeness (QED) is 0.360. The maximum Gasteiger partial charge on any atom is 0.408 e. The molecule has 1 aromatic rings. The van der Waals surface area contributed by atoms with Crippen LogP contribution >= 0.6 is 11.6 Å². The van der Waals surface area contributed by atoms with Crippen LogP contribution in [0.2, 0.25) is 5.02 Å². The average Bonchev–Trinajstić information content (AvgIpc) is 3.36. The number of hydrogen-bond acceptors (Lipinski definition) is 7. The Morgan fingerprint density at radius 2 is 1.84 bits per heavy atom. The highest BCUT2D eigenvalue weighted by atomic mass is 35.5. The van der Waals surface area contributed by atoms with Gasteiger partial charge in [-0.25, -0.2) is 9.52 Å². The molecule has 2 fully saturated rings. The topological polar surface area (TPSA) is 163 Å². The number of para-hydroxylation sites is 1. The number of carbonyl (C=O) groups excluding carboxylic acids is 4. The van der Waals surface area contributed by atoms with Gasteiger partial charge in [-0.05, 0) is 71.4 Å². The van der Waals surface area contributed by atoms with Crippen LogP contribution in [-0.4, -0.2) is 66.9 Å². The first-order valence-electron chi connectivity index (χ1n) is 14.6. The molecule has 0 radical (unpaired) electrons. The number of carbonyl (C=O) groups is 4. The van der Waals surface area contributed by atoms with Crippen LogP contribution < -0.4 is 20.1 Å². The van der Waals surface area contributed by atoms with E-state index in [0.717, 1.165) is 12.8 Å². The van der Waals surface area contributed by atoms with Gasteiger partial charge in [0.2, 0.25) is 11.8 Å². The van der Waals surface area contributed by atoms with Gasteiger partial charge >= 0.3 is 16.3 Å². The maximum absolute atomic E-state index is 13.7. The number of nitrogens with zero attached hydrogens (tertiary/aromatic N) is 1. The number of halogens is 1. The largest absolute Gasteiger partial charge is 0.444 e. The Bertz CT molecular complexity index is 1380. The Morgan fingerprint density at radius 1 is 1.09 bits per heavy atom. The van der Waals surface area contributed by atoms with Crippen molar-refractivity contribution in [1.82, 2.24) is 20.3 Å². The minimum absolute atomic E-state index is 0.0926. The van der Waals surface area contributed by atoms with Crippen molar-refractivity contribution in [2.45, 2.75) is 95.4 Å². The Hall–Kier alpha value is -3.32. The summed E-state index contributed by atoms with van der Waals surface area (Å²) in [5, 5.41) is 5.63. The van der Waals surface area contributed by atoms with Gasteiger partial charge in [-0.2, -0.15) is 8.42 Å². The number of amides is 4. The third-order valence-corrected chi connectivity index (χ3v) is 8.94. The monoisotopic (exact) mass is 637 g/mol. The molecule has 1 saturated heterocycles. The second-order valence-corrected chi connectivity index (χ2v) is 14.1. The van der Waals surface area contributed by atoms with Crippen LogP contribution in [0.15, 0.2) is 36.4 Å². The molecule has 0 spiro atoms. The lowest BCUT2D eigenvalue weighted by atomic mass is 10.0. The van der Waals surface area contributed by atoms with Gasteiger partial charge in [0.1, 0.15) is 23.2 Å². The first-order valence-corrected chi connectivity index (χ1v) is 16.4. The summed E-state index contributed by atoms with van der Waals surface area (Å²) in [6.45, 7) is 5.50. The summed E-state index contributed by atoms with van der Waals surface area (Å²) in [5.74, 6) is -2.27. The van der Waals surface area contributed by atoms with E-state index in [0.29, 0.717) is 38.6 Å². The highest BCUT2D eigenvalue weighted by Gasteiger charge is 2.61. The minimum atomic E-state index is -4.38. The Kier molecular flexibility index (Phi) is 9.95. The highest BCUT2D eigenvalue weighted by Crippen LogP contribution is 2.45. The fraction of sp³-hybridized carbons (Fsp3) is 0.586. The van der Waals surface area contributed by atoms with Gasteiger partial charge in [0.15, 0.2) is 0 Å². The molecule has 4 amide bonds. The molecule has 0 bridgehead atoms. The van der Waals surface area contributed by atoms with Crippen molar-refractivity contribution in [2.24, 2.45) is 5.92 Å². The summed E-state index contributed by atoms with van der Waals surface area (Å²) in [5.41, 5.74) is -2.16. The van der Waals surface area contributed by atoms with E-state index in [-0.39, 0.29) is 17.1 Å². The van der Waals surface area contributed by atoms with Crippen LogP contribution in [0.3, 0.4) is 0 Å². The zero-order valence-electron chi connectivity index (χ0n) is 24.7. The van der Waals surface area contributed by atoms with Crippen molar-refractivity contribution in [3.63, 3.8) is 0 Å². The Labute approximate surface area is 257 Å². The molecule has 4 rings (SSSR count). The summed E-state index contributed by atoms with van der Waals surface area (Å²) in [6.07, 6.45) is 7.53. The van der Waals surface area contributed by atoms with Crippen molar-refractivity contribution < 1.29 is 32.3 Å². The lowest BCUT2D eigenvalue weighted by Gasteiger charge is -2.30. The van der Waals surface area contributed by atoms with E-state index in [2.05, 4.69) is 15.4 Å². The lowest BCUT2D eigenvalue weighted by molar-refractivity contribution is -0.141. The van der Waals surface area contributed by atoms with E-state index in [1.165, 1.54) is 17.0 Å². The smallest absolute Gasteiger partial charge is 0.408 e. The molecule has 1 aromatic carbocycles. The number of rotatable bonds is 5. The lowest BCUT2D eigenvalue weighted by Crippen LogP contribution is -2.58. The molecule has 2 aliphatic heterocycles. The molecule has 236 valence electrons. The summed E-state index contributed by atoms with van der Waals surface area (Å²) in [6, 6.07) is 4.43. The molecule has 1 saturated carbocycles. The summed E-state index contributed by atoms with van der Waals surface area (Å²) in [7, 11) is -4.38. The van der Waals surface area contributed by atoms with Crippen LogP contribution in [0.1, 0.15) is 72.1 Å².